The minimum absolute atomic E-state index is 0.117. The van der Waals surface area contributed by atoms with E-state index in [4.69, 9.17) is 0 Å². The second-order valence-electron chi connectivity index (χ2n) is 4.28. The molecule has 0 spiro atoms. The molecule has 2 heterocycles. The van der Waals surface area contributed by atoms with Gasteiger partial charge in [-0.05, 0) is 41.4 Å². The number of hydrogen-bond acceptors (Lipinski definition) is 3. The summed E-state index contributed by atoms with van der Waals surface area (Å²) in [7, 11) is 0. The monoisotopic (exact) mass is 326 g/mol. The van der Waals surface area contributed by atoms with E-state index in [2.05, 4.69) is 34.9 Å². The molecule has 0 fully saturated rings. The summed E-state index contributed by atoms with van der Waals surface area (Å²) in [6, 6.07) is 4.16. The maximum Gasteiger partial charge on any atom is 0.169 e. The predicted octanol–water partition coefficient (Wildman–Crippen LogP) is 4.10. The Morgan fingerprint density at radius 1 is 1.61 bits per heavy atom. The van der Waals surface area contributed by atoms with Gasteiger partial charge in [0.1, 0.15) is 0 Å². The van der Waals surface area contributed by atoms with Crippen LogP contribution in [-0.4, -0.2) is 15.6 Å². The molecule has 0 aromatic carbocycles. The van der Waals surface area contributed by atoms with Crippen LogP contribution in [0.1, 0.15) is 42.4 Å². The summed E-state index contributed by atoms with van der Waals surface area (Å²) in [5.41, 5.74) is 1.59. The van der Waals surface area contributed by atoms with Crippen molar-refractivity contribution in [2.75, 3.05) is 0 Å². The minimum atomic E-state index is 0.117. The van der Waals surface area contributed by atoms with Crippen LogP contribution in [0, 0.1) is 0 Å². The summed E-state index contributed by atoms with van der Waals surface area (Å²) >= 11 is 4.89. The highest BCUT2D eigenvalue weighted by atomic mass is 79.9. The van der Waals surface area contributed by atoms with Crippen molar-refractivity contribution in [3.8, 4) is 0 Å². The first kappa shape index (κ1) is 13.5. The molecule has 2 aromatic heterocycles. The van der Waals surface area contributed by atoms with Crippen molar-refractivity contribution in [1.82, 2.24) is 9.78 Å². The van der Waals surface area contributed by atoms with Gasteiger partial charge in [-0.1, -0.05) is 6.92 Å². The Balaban J connectivity index is 2.05. The van der Waals surface area contributed by atoms with Gasteiger partial charge in [0, 0.05) is 23.2 Å². The lowest BCUT2D eigenvalue weighted by molar-refractivity contribution is 0.0992. The van der Waals surface area contributed by atoms with E-state index in [-0.39, 0.29) is 5.78 Å². The molecule has 0 aliphatic heterocycles. The number of ketones is 1. The highest BCUT2D eigenvalue weighted by molar-refractivity contribution is 9.11. The number of carbonyl (C=O) groups is 1. The standard InChI is InChI=1S/C13H15BrN2OS/c1-3-9(2)16-5-4-11(15-16)7-12(17)10-6-13(14)18-8-10/h4-6,8-9H,3,7H2,1-2H3. The van der Waals surface area contributed by atoms with E-state index in [0.29, 0.717) is 12.5 Å². The van der Waals surface area contributed by atoms with Crippen LogP contribution in [0.2, 0.25) is 0 Å². The Morgan fingerprint density at radius 3 is 3.00 bits per heavy atom. The molecule has 3 nitrogen and oxygen atoms in total. The van der Waals surface area contributed by atoms with Gasteiger partial charge in [-0.15, -0.1) is 11.3 Å². The number of rotatable bonds is 5. The number of thiophene rings is 1. The molecule has 18 heavy (non-hydrogen) atoms. The zero-order valence-corrected chi connectivity index (χ0v) is 12.8. The Kier molecular flexibility index (Phi) is 4.35. The molecule has 0 aliphatic rings. The summed E-state index contributed by atoms with van der Waals surface area (Å²) in [5.74, 6) is 0.117. The minimum Gasteiger partial charge on any atom is -0.294 e. The van der Waals surface area contributed by atoms with Crippen LogP contribution in [0.15, 0.2) is 27.5 Å². The predicted molar refractivity (Wildman–Crippen MR) is 77.3 cm³/mol. The van der Waals surface area contributed by atoms with Crippen molar-refractivity contribution in [2.24, 2.45) is 0 Å². The molecular weight excluding hydrogens is 312 g/mol. The fourth-order valence-electron chi connectivity index (χ4n) is 1.63. The van der Waals surface area contributed by atoms with Crippen molar-refractivity contribution in [3.63, 3.8) is 0 Å². The number of Topliss-reactive ketones (excluding diaryl/α,β-unsaturated/α-hetero) is 1. The second kappa shape index (κ2) is 5.80. The van der Waals surface area contributed by atoms with Crippen LogP contribution in [-0.2, 0) is 6.42 Å². The van der Waals surface area contributed by atoms with Gasteiger partial charge in [-0.2, -0.15) is 5.10 Å². The molecule has 0 aliphatic carbocycles. The molecule has 96 valence electrons. The molecule has 2 aromatic rings. The molecule has 0 N–H and O–H groups in total. The van der Waals surface area contributed by atoms with Gasteiger partial charge in [-0.3, -0.25) is 9.48 Å². The average molecular weight is 327 g/mol. The largest absolute Gasteiger partial charge is 0.294 e. The van der Waals surface area contributed by atoms with Crippen molar-refractivity contribution >= 4 is 33.0 Å². The zero-order valence-electron chi connectivity index (χ0n) is 10.4. The van der Waals surface area contributed by atoms with Gasteiger partial charge in [0.05, 0.1) is 15.9 Å². The Labute approximate surface area is 119 Å². The van der Waals surface area contributed by atoms with Crippen molar-refractivity contribution in [3.05, 3.63) is 38.8 Å². The van der Waals surface area contributed by atoms with Gasteiger partial charge in [0.25, 0.3) is 0 Å². The number of aromatic nitrogens is 2. The van der Waals surface area contributed by atoms with Gasteiger partial charge in [-0.25, -0.2) is 0 Å². The lowest BCUT2D eigenvalue weighted by Gasteiger charge is -2.07. The average Bonchev–Trinajstić information content (AvgIpc) is 2.97. The summed E-state index contributed by atoms with van der Waals surface area (Å²) in [6.07, 6.45) is 3.35. The lowest BCUT2D eigenvalue weighted by Crippen LogP contribution is -2.07. The highest BCUT2D eigenvalue weighted by Gasteiger charge is 2.12. The molecule has 0 saturated heterocycles. The van der Waals surface area contributed by atoms with E-state index in [9.17, 15) is 4.79 Å². The number of halogens is 1. The summed E-state index contributed by atoms with van der Waals surface area (Å²) in [5, 5.41) is 6.31. The van der Waals surface area contributed by atoms with Crippen LogP contribution in [0.3, 0.4) is 0 Å². The van der Waals surface area contributed by atoms with E-state index in [0.717, 1.165) is 21.5 Å². The van der Waals surface area contributed by atoms with Crippen LogP contribution >= 0.6 is 27.3 Å². The SMILES string of the molecule is CCC(C)n1ccc(CC(=O)c2csc(Br)c2)n1. The van der Waals surface area contributed by atoms with Crippen molar-refractivity contribution < 1.29 is 4.79 Å². The third kappa shape index (κ3) is 3.09. The smallest absolute Gasteiger partial charge is 0.169 e. The zero-order chi connectivity index (χ0) is 13.1. The third-order valence-electron chi connectivity index (χ3n) is 2.94. The Hall–Kier alpha value is -0.940. The molecule has 2 rings (SSSR count). The number of carbonyl (C=O) groups excluding carboxylic acids is 1. The van der Waals surface area contributed by atoms with E-state index in [1.165, 1.54) is 11.3 Å². The fourth-order valence-corrected chi connectivity index (χ4v) is 2.79. The fraction of sp³-hybridized carbons (Fsp3) is 0.385. The summed E-state index contributed by atoms with van der Waals surface area (Å²) in [4.78, 5) is 12.0. The molecule has 5 heteroatoms. The second-order valence-corrected chi connectivity index (χ2v) is 6.57. The highest BCUT2D eigenvalue weighted by Crippen LogP contribution is 2.21. The molecule has 0 bridgehead atoms. The van der Waals surface area contributed by atoms with Gasteiger partial charge in [0.2, 0.25) is 0 Å². The van der Waals surface area contributed by atoms with Gasteiger partial charge < -0.3 is 0 Å². The Bertz CT molecular complexity index is 547. The topological polar surface area (TPSA) is 34.9 Å². The summed E-state index contributed by atoms with van der Waals surface area (Å²) in [6.45, 7) is 4.24. The third-order valence-corrected chi connectivity index (χ3v) is 4.44. The molecule has 0 amide bonds. The van der Waals surface area contributed by atoms with Crippen LogP contribution in [0.5, 0.6) is 0 Å². The van der Waals surface area contributed by atoms with Crippen molar-refractivity contribution in [2.45, 2.75) is 32.7 Å². The molecular formula is C13H15BrN2OS. The van der Waals surface area contributed by atoms with E-state index in [1.54, 1.807) is 0 Å². The maximum absolute atomic E-state index is 12.0. The quantitative estimate of drug-likeness (QED) is 0.775. The molecule has 1 unspecified atom stereocenters. The van der Waals surface area contributed by atoms with Crippen LogP contribution in [0.25, 0.3) is 0 Å². The van der Waals surface area contributed by atoms with Crippen LogP contribution in [0.4, 0.5) is 0 Å². The molecule has 0 saturated carbocycles. The van der Waals surface area contributed by atoms with Gasteiger partial charge >= 0.3 is 0 Å². The molecule has 0 radical (unpaired) electrons. The summed E-state index contributed by atoms with van der Waals surface area (Å²) < 4.78 is 2.91. The maximum atomic E-state index is 12.0. The molecule has 1 atom stereocenters. The first-order valence-electron chi connectivity index (χ1n) is 5.91. The van der Waals surface area contributed by atoms with Crippen molar-refractivity contribution in [1.29, 1.82) is 0 Å². The number of nitrogens with zero attached hydrogens (tertiary/aromatic N) is 2. The van der Waals surface area contributed by atoms with Crippen LogP contribution < -0.4 is 0 Å². The first-order chi connectivity index (χ1) is 8.60. The Morgan fingerprint density at radius 2 is 2.39 bits per heavy atom. The first-order valence-corrected chi connectivity index (χ1v) is 7.58. The number of hydrogen-bond donors (Lipinski definition) is 0. The van der Waals surface area contributed by atoms with E-state index < -0.39 is 0 Å². The van der Waals surface area contributed by atoms with E-state index in [1.807, 2.05) is 28.4 Å². The normalized spacial score (nSPS) is 12.6. The lowest BCUT2D eigenvalue weighted by atomic mass is 10.1. The van der Waals surface area contributed by atoms with E-state index >= 15 is 0 Å². The van der Waals surface area contributed by atoms with Gasteiger partial charge in [0.15, 0.2) is 5.78 Å².